The number of hydrogen-bond donors (Lipinski definition) is 1. The van der Waals surface area contributed by atoms with Gasteiger partial charge in [-0.2, -0.15) is 0 Å². The van der Waals surface area contributed by atoms with Crippen LogP contribution in [0.4, 0.5) is 4.39 Å². The van der Waals surface area contributed by atoms with Gasteiger partial charge in [0.05, 0.1) is 0 Å². The fourth-order valence-electron chi connectivity index (χ4n) is 1.97. The second-order valence-corrected chi connectivity index (χ2v) is 4.08. The number of rotatable bonds is 1. The van der Waals surface area contributed by atoms with E-state index in [1.165, 1.54) is 12.5 Å². The van der Waals surface area contributed by atoms with Crippen LogP contribution < -0.4 is 0 Å². The predicted octanol–water partition coefficient (Wildman–Crippen LogP) is 2.97. The van der Waals surface area contributed by atoms with Crippen molar-refractivity contribution < 1.29 is 9.50 Å². The number of benzene rings is 1. The van der Waals surface area contributed by atoms with Gasteiger partial charge in [-0.1, -0.05) is 19.4 Å². The summed E-state index contributed by atoms with van der Waals surface area (Å²) in [4.78, 5) is 0. The predicted molar refractivity (Wildman–Crippen MR) is 49.3 cm³/mol. The molecule has 0 aromatic heterocycles. The number of phenolic OH excluding ortho intramolecular Hbond substituents is 1. The third kappa shape index (κ3) is 1.30. The lowest BCUT2D eigenvalue weighted by Gasteiger charge is -2.39. The van der Waals surface area contributed by atoms with Crippen LogP contribution in [-0.4, -0.2) is 5.11 Å². The van der Waals surface area contributed by atoms with Gasteiger partial charge in [0.15, 0.2) is 0 Å². The molecule has 0 aliphatic heterocycles. The van der Waals surface area contributed by atoms with E-state index >= 15 is 0 Å². The zero-order valence-electron chi connectivity index (χ0n) is 7.68. The number of phenols is 1. The maximum atomic E-state index is 13.4. The van der Waals surface area contributed by atoms with Crippen LogP contribution in [0.25, 0.3) is 0 Å². The minimum Gasteiger partial charge on any atom is -0.508 e. The fraction of sp³-hybridized carbons (Fsp3) is 0.455. The highest BCUT2D eigenvalue weighted by molar-refractivity contribution is 5.34. The molecule has 0 radical (unpaired) electrons. The third-order valence-corrected chi connectivity index (χ3v) is 3.06. The normalized spacial score (nSPS) is 19.5. The largest absolute Gasteiger partial charge is 0.508 e. The Morgan fingerprint density at radius 2 is 2.08 bits per heavy atom. The monoisotopic (exact) mass is 180 g/mol. The van der Waals surface area contributed by atoms with Crippen LogP contribution in [0.15, 0.2) is 18.2 Å². The van der Waals surface area contributed by atoms with E-state index in [0.717, 1.165) is 18.4 Å². The van der Waals surface area contributed by atoms with E-state index in [0.29, 0.717) is 0 Å². The summed E-state index contributed by atoms with van der Waals surface area (Å²) >= 11 is 0. The zero-order valence-corrected chi connectivity index (χ0v) is 7.68. The molecular formula is C11H13FO. The van der Waals surface area contributed by atoms with Crippen molar-refractivity contribution in [3.8, 4) is 5.75 Å². The van der Waals surface area contributed by atoms with Gasteiger partial charge in [-0.05, 0) is 29.9 Å². The van der Waals surface area contributed by atoms with E-state index in [-0.39, 0.29) is 17.0 Å². The van der Waals surface area contributed by atoms with Crippen molar-refractivity contribution in [2.45, 2.75) is 31.6 Å². The molecule has 0 atom stereocenters. The van der Waals surface area contributed by atoms with Gasteiger partial charge in [-0.3, -0.25) is 0 Å². The van der Waals surface area contributed by atoms with Gasteiger partial charge in [0.25, 0.3) is 0 Å². The lowest BCUT2D eigenvalue weighted by Crippen LogP contribution is -2.31. The first-order valence-electron chi connectivity index (χ1n) is 4.61. The Hall–Kier alpha value is -1.05. The van der Waals surface area contributed by atoms with Crippen LogP contribution >= 0.6 is 0 Å². The molecule has 1 N–H and O–H groups in total. The Morgan fingerprint density at radius 1 is 1.38 bits per heavy atom. The topological polar surface area (TPSA) is 20.2 Å². The second kappa shape index (κ2) is 2.72. The molecule has 13 heavy (non-hydrogen) atoms. The fourth-order valence-corrected chi connectivity index (χ4v) is 1.97. The smallest absolute Gasteiger partial charge is 0.130 e. The van der Waals surface area contributed by atoms with E-state index in [2.05, 4.69) is 6.92 Å². The number of hydrogen-bond acceptors (Lipinski definition) is 1. The van der Waals surface area contributed by atoms with E-state index in [4.69, 9.17) is 5.11 Å². The molecule has 2 rings (SSSR count). The van der Waals surface area contributed by atoms with Crippen LogP contribution in [0, 0.1) is 5.82 Å². The Balaban J connectivity index is 2.40. The van der Waals surface area contributed by atoms with Crippen LogP contribution in [0.1, 0.15) is 31.7 Å². The van der Waals surface area contributed by atoms with Gasteiger partial charge < -0.3 is 5.11 Å². The molecule has 0 unspecified atom stereocenters. The molecule has 1 aromatic rings. The molecule has 1 nitrogen and oxygen atoms in total. The molecule has 2 heteroatoms. The van der Waals surface area contributed by atoms with Gasteiger partial charge in [-0.15, -0.1) is 0 Å². The first kappa shape index (κ1) is 8.54. The third-order valence-electron chi connectivity index (χ3n) is 3.06. The number of halogens is 1. The molecule has 0 spiro atoms. The second-order valence-electron chi connectivity index (χ2n) is 4.08. The van der Waals surface area contributed by atoms with Crippen molar-refractivity contribution in [2.24, 2.45) is 0 Å². The minimum atomic E-state index is -0.276. The van der Waals surface area contributed by atoms with Crippen LogP contribution in [0.5, 0.6) is 5.75 Å². The lowest BCUT2D eigenvalue weighted by atomic mass is 9.66. The van der Waals surface area contributed by atoms with Crippen molar-refractivity contribution in [1.29, 1.82) is 0 Å². The number of aromatic hydroxyl groups is 1. The van der Waals surface area contributed by atoms with E-state index < -0.39 is 0 Å². The highest BCUT2D eigenvalue weighted by atomic mass is 19.1. The Bertz CT molecular complexity index is 329. The average molecular weight is 180 g/mol. The average Bonchev–Trinajstić information content (AvgIpc) is 2.00. The molecule has 0 bridgehead atoms. The Morgan fingerprint density at radius 3 is 2.54 bits per heavy atom. The highest BCUT2D eigenvalue weighted by Gasteiger charge is 2.35. The summed E-state index contributed by atoms with van der Waals surface area (Å²) in [5.41, 5.74) is 0.758. The summed E-state index contributed by atoms with van der Waals surface area (Å²) in [7, 11) is 0. The Kier molecular flexibility index (Phi) is 1.79. The molecule has 1 fully saturated rings. The summed E-state index contributed by atoms with van der Waals surface area (Å²) < 4.78 is 13.4. The maximum Gasteiger partial charge on any atom is 0.130 e. The van der Waals surface area contributed by atoms with E-state index in [1.807, 2.05) is 0 Å². The van der Waals surface area contributed by atoms with Gasteiger partial charge in [0.2, 0.25) is 0 Å². The summed E-state index contributed by atoms with van der Waals surface area (Å²) in [6.45, 7) is 2.08. The van der Waals surface area contributed by atoms with E-state index in [1.54, 1.807) is 12.1 Å². The first-order valence-corrected chi connectivity index (χ1v) is 4.61. The quantitative estimate of drug-likeness (QED) is 0.704. The van der Waals surface area contributed by atoms with Crippen LogP contribution in [0.3, 0.4) is 0 Å². The summed E-state index contributed by atoms with van der Waals surface area (Å²) in [6, 6.07) is 4.45. The van der Waals surface area contributed by atoms with Crippen LogP contribution in [-0.2, 0) is 5.41 Å². The molecule has 1 aromatic carbocycles. The molecule has 1 aliphatic carbocycles. The molecule has 0 saturated heterocycles. The minimum absolute atomic E-state index is 0.00386. The van der Waals surface area contributed by atoms with Crippen LogP contribution in [0.2, 0.25) is 0 Å². The molecule has 0 amide bonds. The van der Waals surface area contributed by atoms with Crippen molar-refractivity contribution in [3.63, 3.8) is 0 Å². The Labute approximate surface area is 77.2 Å². The van der Waals surface area contributed by atoms with Gasteiger partial charge in [0, 0.05) is 6.07 Å². The van der Waals surface area contributed by atoms with Gasteiger partial charge in [0.1, 0.15) is 11.6 Å². The van der Waals surface area contributed by atoms with Crippen molar-refractivity contribution >= 4 is 0 Å². The summed E-state index contributed by atoms with van der Waals surface area (Å²) in [5.74, 6) is -0.272. The molecular weight excluding hydrogens is 167 g/mol. The molecule has 70 valence electrons. The highest BCUT2D eigenvalue weighted by Crippen LogP contribution is 2.44. The summed E-state index contributed by atoms with van der Waals surface area (Å²) in [5, 5.41) is 9.05. The van der Waals surface area contributed by atoms with Gasteiger partial charge in [-0.25, -0.2) is 4.39 Å². The molecule has 0 heterocycles. The molecule has 1 aliphatic rings. The lowest BCUT2D eigenvalue weighted by molar-refractivity contribution is 0.262. The van der Waals surface area contributed by atoms with E-state index in [9.17, 15) is 4.39 Å². The van der Waals surface area contributed by atoms with Crippen molar-refractivity contribution in [1.82, 2.24) is 0 Å². The summed E-state index contributed by atoms with van der Waals surface area (Å²) in [6.07, 6.45) is 3.28. The van der Waals surface area contributed by atoms with Crippen molar-refractivity contribution in [3.05, 3.63) is 29.6 Å². The SMILES string of the molecule is CC1(c2ccc(O)cc2F)CCC1. The first-order chi connectivity index (χ1) is 6.12. The van der Waals surface area contributed by atoms with Gasteiger partial charge >= 0.3 is 0 Å². The standard InChI is InChI=1S/C11H13FO/c1-11(5-2-6-11)9-4-3-8(13)7-10(9)12/h3-4,7,13H,2,5-6H2,1H3. The zero-order chi connectivity index (χ0) is 9.47. The maximum absolute atomic E-state index is 13.4. The molecule has 1 saturated carbocycles. The van der Waals surface area contributed by atoms with Crippen molar-refractivity contribution in [2.75, 3.05) is 0 Å².